The highest BCUT2D eigenvalue weighted by Crippen LogP contribution is 2.31. The molecule has 0 atom stereocenters. The third kappa shape index (κ3) is 3.52. The number of aromatic carboxylic acids is 1. The Balaban J connectivity index is 1.90. The van der Waals surface area contributed by atoms with Gasteiger partial charge in [-0.2, -0.15) is 0 Å². The Morgan fingerprint density at radius 3 is 2.22 bits per heavy atom. The van der Waals surface area contributed by atoms with Gasteiger partial charge in [0.2, 0.25) is 5.90 Å². The molecule has 27 heavy (non-hydrogen) atoms. The van der Waals surface area contributed by atoms with Gasteiger partial charge in [0.05, 0.1) is 11.9 Å². The van der Waals surface area contributed by atoms with Crippen LogP contribution in [0.4, 0.5) is 5.82 Å². The van der Waals surface area contributed by atoms with Crippen LogP contribution in [0.1, 0.15) is 27.2 Å². The topological polar surface area (TPSA) is 114 Å². The van der Waals surface area contributed by atoms with E-state index in [1.165, 1.54) is 6.33 Å². The fourth-order valence-corrected chi connectivity index (χ4v) is 2.85. The molecule has 7 heteroatoms. The first-order valence-corrected chi connectivity index (χ1v) is 8.26. The molecule has 0 saturated carbocycles. The molecule has 0 fully saturated rings. The lowest BCUT2D eigenvalue weighted by Gasteiger charge is -2.14. The molecular weight excluding hydrogens is 344 g/mol. The van der Waals surface area contributed by atoms with Crippen molar-refractivity contribution in [2.24, 2.45) is 7.05 Å². The van der Waals surface area contributed by atoms with Crippen molar-refractivity contribution in [3.63, 3.8) is 0 Å². The minimum atomic E-state index is -0.954. The maximum absolute atomic E-state index is 11.0. The smallest absolute Gasteiger partial charge is 0.335 e. The van der Waals surface area contributed by atoms with Gasteiger partial charge in [-0.05, 0) is 60.4 Å². The summed E-state index contributed by atoms with van der Waals surface area (Å²) in [4.78, 5) is 15.1. The number of benzene rings is 2. The van der Waals surface area contributed by atoms with Crippen LogP contribution in [-0.4, -0.2) is 26.5 Å². The van der Waals surface area contributed by atoms with Gasteiger partial charge in [0.25, 0.3) is 0 Å². The van der Waals surface area contributed by atoms with Gasteiger partial charge in [-0.3, -0.25) is 5.41 Å². The summed E-state index contributed by atoms with van der Waals surface area (Å²) in [7, 11) is 1.75. The number of anilines is 1. The molecule has 7 nitrogen and oxygen atoms in total. The maximum atomic E-state index is 11.0. The fourth-order valence-electron chi connectivity index (χ4n) is 2.85. The number of nitrogen functional groups attached to an aromatic ring is 1. The lowest BCUT2D eigenvalue weighted by Crippen LogP contribution is -2.13. The Bertz CT molecular complexity index is 1010. The molecule has 0 aliphatic heterocycles. The van der Waals surface area contributed by atoms with Crippen molar-refractivity contribution in [1.82, 2.24) is 9.55 Å². The van der Waals surface area contributed by atoms with Crippen molar-refractivity contribution < 1.29 is 14.6 Å². The van der Waals surface area contributed by atoms with Crippen LogP contribution in [0.2, 0.25) is 0 Å². The first-order valence-electron chi connectivity index (χ1n) is 8.26. The first kappa shape index (κ1) is 18.2. The maximum Gasteiger partial charge on any atom is 0.335 e. The molecule has 2 aromatic carbocycles. The summed E-state index contributed by atoms with van der Waals surface area (Å²) in [5.74, 6) is -0.121. The van der Waals surface area contributed by atoms with Crippen molar-refractivity contribution in [2.45, 2.75) is 13.8 Å². The van der Waals surface area contributed by atoms with Crippen molar-refractivity contribution in [3.8, 4) is 16.9 Å². The van der Waals surface area contributed by atoms with Gasteiger partial charge >= 0.3 is 5.97 Å². The highest BCUT2D eigenvalue weighted by Gasteiger charge is 2.16. The van der Waals surface area contributed by atoms with Crippen LogP contribution in [-0.2, 0) is 7.05 Å². The number of carbonyl (C=O) groups is 1. The summed E-state index contributed by atoms with van der Waals surface area (Å²) in [6, 6.07) is 10.6. The molecule has 0 aliphatic carbocycles. The van der Waals surface area contributed by atoms with Crippen molar-refractivity contribution in [2.75, 3.05) is 5.73 Å². The summed E-state index contributed by atoms with van der Waals surface area (Å²) in [5.41, 5.74) is 10.00. The monoisotopic (exact) mass is 364 g/mol. The third-order valence-corrected chi connectivity index (χ3v) is 4.33. The normalized spacial score (nSPS) is 10.6. The van der Waals surface area contributed by atoms with E-state index in [2.05, 4.69) is 4.98 Å². The molecule has 4 N–H and O–H groups in total. The number of aryl methyl sites for hydroxylation is 3. The number of imidazole rings is 1. The highest BCUT2D eigenvalue weighted by atomic mass is 16.5. The van der Waals surface area contributed by atoms with E-state index in [1.54, 1.807) is 35.9 Å². The van der Waals surface area contributed by atoms with Gasteiger partial charge < -0.3 is 20.1 Å². The average Bonchev–Trinajstić information content (AvgIpc) is 2.97. The van der Waals surface area contributed by atoms with Gasteiger partial charge in [-0.25, -0.2) is 9.78 Å². The molecule has 1 heterocycles. The molecule has 138 valence electrons. The largest absolute Gasteiger partial charge is 0.478 e. The predicted octanol–water partition coefficient (Wildman–Crippen LogP) is 3.39. The van der Waals surface area contributed by atoms with E-state index < -0.39 is 5.97 Å². The van der Waals surface area contributed by atoms with Crippen LogP contribution in [0.25, 0.3) is 11.1 Å². The van der Waals surface area contributed by atoms with E-state index in [0.717, 1.165) is 22.3 Å². The van der Waals surface area contributed by atoms with Crippen molar-refractivity contribution >= 4 is 17.7 Å². The van der Waals surface area contributed by atoms with E-state index in [9.17, 15) is 4.79 Å². The van der Waals surface area contributed by atoms with Crippen LogP contribution in [0, 0.1) is 19.3 Å². The Labute approximate surface area is 156 Å². The Kier molecular flexibility index (Phi) is 4.68. The standard InChI is InChI=1S/C20H20N4O3/c1-11-8-15(13-4-6-14(7-5-13)20(25)26)9-12(2)17(11)27-19(22)16-18(21)24(3)10-23-16/h4-10,22H,21H2,1-3H3,(H,25,26). The predicted molar refractivity (Wildman–Crippen MR) is 103 cm³/mol. The summed E-state index contributed by atoms with van der Waals surface area (Å²) >= 11 is 0. The SMILES string of the molecule is Cc1cc(-c2ccc(C(=O)O)cc2)cc(C)c1OC(=N)c1ncn(C)c1N. The quantitative estimate of drug-likeness (QED) is 0.485. The number of hydrogen-bond acceptors (Lipinski definition) is 5. The van der Waals surface area contributed by atoms with Gasteiger partial charge in [0, 0.05) is 7.05 Å². The molecule has 1 aromatic heterocycles. The van der Waals surface area contributed by atoms with Gasteiger partial charge in [0.15, 0.2) is 5.69 Å². The number of nitrogens with one attached hydrogen (secondary N) is 1. The summed E-state index contributed by atoms with van der Waals surface area (Å²) in [5, 5.41) is 17.2. The van der Waals surface area contributed by atoms with Crippen LogP contribution in [0.3, 0.4) is 0 Å². The summed E-state index contributed by atoms with van der Waals surface area (Å²) in [6.07, 6.45) is 1.53. The summed E-state index contributed by atoms with van der Waals surface area (Å²) < 4.78 is 7.37. The second-order valence-corrected chi connectivity index (χ2v) is 6.34. The zero-order valence-electron chi connectivity index (χ0n) is 15.3. The molecule has 0 spiro atoms. The number of hydrogen-bond donors (Lipinski definition) is 3. The Hall–Kier alpha value is -3.61. The van der Waals surface area contributed by atoms with Crippen LogP contribution >= 0.6 is 0 Å². The van der Waals surface area contributed by atoms with Crippen molar-refractivity contribution in [1.29, 1.82) is 5.41 Å². The van der Waals surface area contributed by atoms with Crippen LogP contribution in [0.5, 0.6) is 5.75 Å². The second kappa shape index (κ2) is 6.95. The van der Waals surface area contributed by atoms with E-state index in [0.29, 0.717) is 17.3 Å². The second-order valence-electron chi connectivity index (χ2n) is 6.34. The Morgan fingerprint density at radius 2 is 1.74 bits per heavy atom. The molecule has 3 aromatic rings. The van der Waals surface area contributed by atoms with Gasteiger partial charge in [0.1, 0.15) is 11.6 Å². The zero-order chi connectivity index (χ0) is 19.7. The van der Waals surface area contributed by atoms with E-state index in [4.69, 9.17) is 21.0 Å². The minimum absolute atomic E-state index is 0.113. The molecular formula is C20H20N4O3. The van der Waals surface area contributed by atoms with Gasteiger partial charge in [-0.15, -0.1) is 0 Å². The van der Waals surface area contributed by atoms with E-state index in [-0.39, 0.29) is 11.5 Å². The molecule has 0 amide bonds. The van der Waals surface area contributed by atoms with Crippen molar-refractivity contribution in [3.05, 3.63) is 65.1 Å². The lowest BCUT2D eigenvalue weighted by molar-refractivity contribution is 0.0697. The number of carboxylic acids is 1. The molecule has 0 unspecified atom stereocenters. The molecule has 0 aliphatic rings. The van der Waals surface area contributed by atoms with E-state index >= 15 is 0 Å². The fraction of sp³-hybridized carbons (Fsp3) is 0.150. The number of aromatic nitrogens is 2. The number of nitrogens with two attached hydrogens (primary N) is 1. The number of ether oxygens (including phenoxy) is 1. The number of nitrogens with zero attached hydrogens (tertiary/aromatic N) is 2. The minimum Gasteiger partial charge on any atom is -0.478 e. The molecule has 0 bridgehead atoms. The number of rotatable bonds is 4. The highest BCUT2D eigenvalue weighted by molar-refractivity contribution is 5.96. The molecule has 3 rings (SSSR count). The summed E-state index contributed by atoms with van der Waals surface area (Å²) in [6.45, 7) is 3.79. The van der Waals surface area contributed by atoms with E-state index in [1.807, 2.05) is 26.0 Å². The van der Waals surface area contributed by atoms with Gasteiger partial charge in [-0.1, -0.05) is 12.1 Å². The zero-order valence-corrected chi connectivity index (χ0v) is 15.3. The number of carboxylic acid groups (broad SMARTS) is 1. The lowest BCUT2D eigenvalue weighted by atomic mass is 9.99. The average molecular weight is 364 g/mol. The van der Waals surface area contributed by atoms with Crippen LogP contribution in [0.15, 0.2) is 42.7 Å². The molecule has 0 saturated heterocycles. The first-order chi connectivity index (χ1) is 12.8. The molecule has 0 radical (unpaired) electrons. The third-order valence-electron chi connectivity index (χ3n) is 4.33. The van der Waals surface area contributed by atoms with Crippen LogP contribution < -0.4 is 10.5 Å². The Morgan fingerprint density at radius 1 is 1.15 bits per heavy atom.